The zero-order valence-corrected chi connectivity index (χ0v) is 15.3. The van der Waals surface area contributed by atoms with Crippen LogP contribution in [-0.4, -0.2) is 21.7 Å². The number of benzene rings is 2. The summed E-state index contributed by atoms with van der Waals surface area (Å²) in [6, 6.07) is 20.1. The van der Waals surface area contributed by atoms with Gasteiger partial charge in [0.15, 0.2) is 5.84 Å². The summed E-state index contributed by atoms with van der Waals surface area (Å²) in [5.74, 6) is -0.433. The van der Waals surface area contributed by atoms with Gasteiger partial charge < -0.3 is 11.1 Å². The lowest BCUT2D eigenvalue weighted by Crippen LogP contribution is -2.22. The van der Waals surface area contributed by atoms with Gasteiger partial charge in [-0.15, -0.1) is 0 Å². The summed E-state index contributed by atoms with van der Waals surface area (Å²) in [5.41, 5.74) is 11.3. The number of aromatic nitrogens is 2. The molecule has 0 bridgehead atoms. The Bertz CT molecular complexity index is 1120. The van der Waals surface area contributed by atoms with Crippen molar-refractivity contribution in [3.05, 3.63) is 76.6 Å². The van der Waals surface area contributed by atoms with Gasteiger partial charge in [0.25, 0.3) is 5.56 Å². The molecule has 0 spiro atoms. The highest BCUT2D eigenvalue weighted by Gasteiger charge is 2.08. The van der Waals surface area contributed by atoms with Gasteiger partial charge in [-0.05, 0) is 23.8 Å². The van der Waals surface area contributed by atoms with Crippen LogP contribution in [0.5, 0.6) is 0 Å². The second-order valence-corrected chi connectivity index (χ2v) is 6.00. The minimum absolute atomic E-state index is 0.230. The molecule has 144 valence electrons. The normalized spacial score (nSPS) is 10.8. The van der Waals surface area contributed by atoms with Gasteiger partial charge in [-0.1, -0.05) is 36.4 Å². The van der Waals surface area contributed by atoms with E-state index in [1.54, 1.807) is 18.2 Å². The fraction of sp³-hybridized carbons (Fsp3) is 0.0500. The van der Waals surface area contributed by atoms with Crippen LogP contribution in [0.2, 0.25) is 0 Å². The number of aromatic amines is 1. The number of nitriles is 1. The van der Waals surface area contributed by atoms with Crippen LogP contribution in [0.1, 0.15) is 5.56 Å². The van der Waals surface area contributed by atoms with E-state index in [1.165, 1.54) is 6.07 Å². The predicted molar refractivity (Wildman–Crippen MR) is 113 cm³/mol. The number of hydrogen-bond donors (Lipinski definition) is 5. The lowest BCUT2D eigenvalue weighted by molar-refractivity contribution is 0.995. The first-order valence-corrected chi connectivity index (χ1v) is 8.63. The molecule has 0 aliphatic carbocycles. The maximum absolute atomic E-state index is 11.2. The Morgan fingerprint density at radius 1 is 1.17 bits per heavy atom. The second kappa shape index (κ2) is 8.96. The van der Waals surface area contributed by atoms with Crippen LogP contribution < -0.4 is 22.0 Å². The fourth-order valence-electron chi connectivity index (χ4n) is 2.51. The number of anilines is 2. The summed E-state index contributed by atoms with van der Waals surface area (Å²) in [5, 5.41) is 30.1. The zero-order chi connectivity index (χ0) is 20.6. The fourth-order valence-corrected chi connectivity index (χ4v) is 2.51. The second-order valence-electron chi connectivity index (χ2n) is 6.00. The highest BCUT2D eigenvalue weighted by Crippen LogP contribution is 2.28. The van der Waals surface area contributed by atoms with Gasteiger partial charge in [0.1, 0.15) is 6.07 Å². The van der Waals surface area contributed by atoms with E-state index in [2.05, 4.69) is 26.0 Å². The molecule has 9 nitrogen and oxygen atoms in total. The van der Waals surface area contributed by atoms with E-state index in [4.69, 9.17) is 16.4 Å². The number of amidine groups is 1. The van der Waals surface area contributed by atoms with Crippen molar-refractivity contribution in [2.24, 2.45) is 10.8 Å². The molecule has 1 aromatic heterocycles. The zero-order valence-electron chi connectivity index (χ0n) is 15.3. The molecule has 1 heterocycles. The van der Waals surface area contributed by atoms with Crippen LogP contribution in [0.25, 0.3) is 11.3 Å². The van der Waals surface area contributed by atoms with Gasteiger partial charge in [-0.25, -0.2) is 5.10 Å². The smallest absolute Gasteiger partial charge is 0.264 e. The van der Waals surface area contributed by atoms with Crippen LogP contribution in [-0.2, 0) is 6.54 Å². The number of nitrogens with two attached hydrogens (primary N) is 1. The highest BCUT2D eigenvalue weighted by molar-refractivity contribution is 6.45. The summed E-state index contributed by atoms with van der Waals surface area (Å²) >= 11 is 0. The quantitative estimate of drug-likeness (QED) is 0.238. The highest BCUT2D eigenvalue weighted by atomic mass is 16.1. The van der Waals surface area contributed by atoms with Gasteiger partial charge in [0.2, 0.25) is 5.71 Å². The van der Waals surface area contributed by atoms with Gasteiger partial charge in [0.05, 0.1) is 17.1 Å². The Labute approximate surface area is 166 Å². The molecule has 9 heteroatoms. The Kier molecular flexibility index (Phi) is 5.97. The molecule has 29 heavy (non-hydrogen) atoms. The number of hydrazone groups is 1. The topological polar surface area (TPSA) is 156 Å². The largest absolute Gasteiger partial charge is 0.382 e. The van der Waals surface area contributed by atoms with Crippen molar-refractivity contribution >= 4 is 22.9 Å². The van der Waals surface area contributed by atoms with E-state index in [0.717, 1.165) is 16.8 Å². The molecule has 0 fully saturated rings. The van der Waals surface area contributed by atoms with Crippen LogP contribution in [0.4, 0.5) is 11.4 Å². The first-order valence-electron chi connectivity index (χ1n) is 8.63. The molecule has 0 atom stereocenters. The summed E-state index contributed by atoms with van der Waals surface area (Å²) in [4.78, 5) is 11.2. The molecule has 2 aromatic carbocycles. The summed E-state index contributed by atoms with van der Waals surface area (Å²) in [6.07, 6.45) is 0. The van der Waals surface area contributed by atoms with Gasteiger partial charge >= 0.3 is 0 Å². The minimum atomic E-state index is -0.433. The number of rotatable bonds is 7. The maximum Gasteiger partial charge on any atom is 0.264 e. The van der Waals surface area contributed by atoms with Crippen LogP contribution >= 0.6 is 0 Å². The average molecular weight is 386 g/mol. The van der Waals surface area contributed by atoms with Gasteiger partial charge in [-0.3, -0.25) is 15.6 Å². The molecule has 6 N–H and O–H groups in total. The lowest BCUT2D eigenvalue weighted by atomic mass is 10.1. The van der Waals surface area contributed by atoms with E-state index in [1.807, 2.05) is 42.5 Å². The first-order chi connectivity index (χ1) is 14.1. The predicted octanol–water partition coefficient (Wildman–Crippen LogP) is 2.28. The SMILES string of the molecule is N#C/C(=N\Nc1cc(-c2ccc(=O)[nH]n2)ccc1NCc1ccccc1)C(=N)N. The van der Waals surface area contributed by atoms with E-state index in [0.29, 0.717) is 17.9 Å². The molecule has 0 radical (unpaired) electrons. The van der Waals surface area contributed by atoms with Crippen molar-refractivity contribution in [3.8, 4) is 17.3 Å². The molecule has 0 saturated heterocycles. The van der Waals surface area contributed by atoms with Crippen LogP contribution in [0.15, 0.2) is 70.6 Å². The molecule has 0 saturated carbocycles. The van der Waals surface area contributed by atoms with Crippen molar-refractivity contribution in [1.82, 2.24) is 10.2 Å². The molecule has 3 rings (SSSR count). The Morgan fingerprint density at radius 3 is 2.62 bits per heavy atom. The van der Waals surface area contributed by atoms with Gasteiger partial charge in [-0.2, -0.15) is 15.5 Å². The minimum Gasteiger partial charge on any atom is -0.382 e. The van der Waals surface area contributed by atoms with Crippen LogP contribution in [0, 0.1) is 16.7 Å². The van der Waals surface area contributed by atoms with Crippen molar-refractivity contribution in [1.29, 1.82) is 10.7 Å². The molecule has 0 aliphatic rings. The summed E-state index contributed by atoms with van der Waals surface area (Å²) in [6.45, 7) is 0.577. The molecular weight excluding hydrogens is 368 g/mol. The molecule has 3 aromatic rings. The van der Waals surface area contributed by atoms with E-state index >= 15 is 0 Å². The van der Waals surface area contributed by atoms with E-state index < -0.39 is 5.84 Å². The number of nitrogens with zero attached hydrogens (tertiary/aromatic N) is 3. The monoisotopic (exact) mass is 386 g/mol. The molecule has 0 aliphatic heterocycles. The molecule has 0 unspecified atom stereocenters. The maximum atomic E-state index is 11.2. The third kappa shape index (κ3) is 5.05. The van der Waals surface area contributed by atoms with Crippen molar-refractivity contribution in [3.63, 3.8) is 0 Å². The Morgan fingerprint density at radius 2 is 1.97 bits per heavy atom. The lowest BCUT2D eigenvalue weighted by Gasteiger charge is -2.13. The average Bonchev–Trinajstić information content (AvgIpc) is 2.74. The third-order valence-electron chi connectivity index (χ3n) is 3.97. The summed E-state index contributed by atoms with van der Waals surface area (Å²) < 4.78 is 0. The van der Waals surface area contributed by atoms with E-state index in [9.17, 15) is 4.79 Å². The molecular formula is C20H18N8O. The van der Waals surface area contributed by atoms with Crippen molar-refractivity contribution < 1.29 is 0 Å². The Hall–Kier alpha value is -4.45. The summed E-state index contributed by atoms with van der Waals surface area (Å²) in [7, 11) is 0. The van der Waals surface area contributed by atoms with Crippen molar-refractivity contribution in [2.45, 2.75) is 6.54 Å². The molecule has 0 amide bonds. The third-order valence-corrected chi connectivity index (χ3v) is 3.97. The van der Waals surface area contributed by atoms with Crippen LogP contribution in [0.3, 0.4) is 0 Å². The Balaban J connectivity index is 1.93. The van der Waals surface area contributed by atoms with Gasteiger partial charge in [0, 0.05) is 18.2 Å². The van der Waals surface area contributed by atoms with E-state index in [-0.39, 0.29) is 11.3 Å². The first kappa shape index (κ1) is 19.3. The number of nitrogens with one attached hydrogen (secondary N) is 4. The van der Waals surface area contributed by atoms with Crippen molar-refractivity contribution in [2.75, 3.05) is 10.7 Å². The standard InChI is InChI=1S/C20H18N8O/c21-11-18(20(22)23)27-26-17-10-14(15-8-9-19(29)28-25-15)6-7-16(17)24-12-13-4-2-1-3-5-13/h1-10,24,26H,12H2,(H3,22,23)(H,28,29)/b27-18+. The number of hydrogen-bond acceptors (Lipinski definition) is 7. The number of H-pyrrole nitrogens is 1.